The molecule has 7 rings (SSSR count). The zero-order valence-corrected chi connectivity index (χ0v) is 23.7. The minimum atomic E-state index is -0.822. The van der Waals surface area contributed by atoms with Crippen LogP contribution in [-0.4, -0.2) is 54.5 Å². The lowest BCUT2D eigenvalue weighted by atomic mass is 9.99. The molecule has 3 aliphatic rings. The molecule has 4 heterocycles. The van der Waals surface area contributed by atoms with Gasteiger partial charge in [0, 0.05) is 30.8 Å². The van der Waals surface area contributed by atoms with Gasteiger partial charge in [-0.1, -0.05) is 22.6 Å². The molecule has 3 fully saturated rings. The Morgan fingerprint density at radius 3 is 2.38 bits per heavy atom. The van der Waals surface area contributed by atoms with Crippen molar-refractivity contribution >= 4 is 38.6 Å². The van der Waals surface area contributed by atoms with Gasteiger partial charge in [-0.25, -0.2) is 23.4 Å². The fraction of sp³-hybridized carbons (Fsp3) is 0.400. The first kappa shape index (κ1) is 26.8. The number of rotatable bonds is 7. The number of anilines is 1. The van der Waals surface area contributed by atoms with Crippen LogP contribution < -0.4 is 9.64 Å². The number of thiazole rings is 1. The highest BCUT2D eigenvalue weighted by atomic mass is 32.1. The minimum absolute atomic E-state index is 0.0101. The van der Waals surface area contributed by atoms with Crippen molar-refractivity contribution in [1.29, 1.82) is 0 Å². The Hall–Kier alpha value is -4.06. The van der Waals surface area contributed by atoms with Crippen LogP contribution in [0.1, 0.15) is 70.9 Å². The lowest BCUT2D eigenvalue weighted by Crippen LogP contribution is -2.46. The van der Waals surface area contributed by atoms with E-state index in [-0.39, 0.29) is 35.4 Å². The first-order chi connectivity index (χ1) is 20.4. The predicted octanol–water partition coefficient (Wildman–Crippen LogP) is 6.26. The third-order valence-corrected chi connectivity index (χ3v) is 9.36. The maximum Gasteiger partial charge on any atom is 0.344 e. The van der Waals surface area contributed by atoms with Crippen LogP contribution in [-0.2, 0) is 9.47 Å². The van der Waals surface area contributed by atoms with Crippen molar-refractivity contribution in [3.8, 4) is 17.0 Å². The van der Waals surface area contributed by atoms with E-state index in [1.165, 1.54) is 31.6 Å². The lowest BCUT2D eigenvalue weighted by Gasteiger charge is -2.38. The highest BCUT2D eigenvalue weighted by Gasteiger charge is 2.45. The summed E-state index contributed by atoms with van der Waals surface area (Å²) in [4.78, 5) is 32.9. The number of hydrogen-bond donors (Lipinski definition) is 0. The number of aromatic nitrogens is 2. The van der Waals surface area contributed by atoms with Gasteiger partial charge >= 0.3 is 11.9 Å². The third-order valence-electron chi connectivity index (χ3n) is 8.34. The van der Waals surface area contributed by atoms with Crippen molar-refractivity contribution in [2.75, 3.05) is 19.1 Å². The van der Waals surface area contributed by atoms with Gasteiger partial charge in [-0.15, -0.1) is 0 Å². The summed E-state index contributed by atoms with van der Waals surface area (Å²) in [6, 6.07) is 7.06. The van der Waals surface area contributed by atoms with Crippen LogP contribution in [0.25, 0.3) is 21.5 Å². The number of fused-ring (bicyclic) bond motifs is 3. The summed E-state index contributed by atoms with van der Waals surface area (Å²) in [7, 11) is 2.87. The van der Waals surface area contributed by atoms with Crippen molar-refractivity contribution < 1.29 is 37.1 Å². The predicted molar refractivity (Wildman–Crippen MR) is 149 cm³/mol. The van der Waals surface area contributed by atoms with Crippen molar-refractivity contribution in [3.63, 3.8) is 0 Å². The summed E-state index contributed by atoms with van der Waals surface area (Å²) >= 11 is 1.48. The van der Waals surface area contributed by atoms with Gasteiger partial charge in [0.25, 0.3) is 0 Å². The summed E-state index contributed by atoms with van der Waals surface area (Å²) in [6.45, 7) is 0. The number of methoxy groups -OCH3 is 2. The van der Waals surface area contributed by atoms with Gasteiger partial charge in [0.05, 0.1) is 30.0 Å². The summed E-state index contributed by atoms with van der Waals surface area (Å²) in [5.74, 6) is -1.96. The van der Waals surface area contributed by atoms with Gasteiger partial charge in [-0.3, -0.25) is 0 Å². The molecule has 1 saturated carbocycles. The molecule has 1 aliphatic carbocycles. The zero-order chi connectivity index (χ0) is 29.1. The molecule has 12 heteroatoms. The molecule has 218 valence electrons. The van der Waals surface area contributed by atoms with Crippen molar-refractivity contribution in [2.24, 2.45) is 0 Å². The number of esters is 2. The van der Waals surface area contributed by atoms with E-state index in [1.54, 1.807) is 12.1 Å². The van der Waals surface area contributed by atoms with Crippen molar-refractivity contribution in [3.05, 3.63) is 58.9 Å². The second-order valence-electron chi connectivity index (χ2n) is 10.9. The Morgan fingerprint density at radius 1 is 1.02 bits per heavy atom. The average Bonchev–Trinajstić information content (AvgIpc) is 3.48. The Balaban J connectivity index is 1.14. The molecule has 2 saturated heterocycles. The fourth-order valence-electron chi connectivity index (χ4n) is 6.25. The molecule has 9 nitrogen and oxygen atoms in total. The standard InChI is InChI=1S/C30H27F2N3O6S/c1-38-21-10-15(28(36)39-2)11-22-25(21)33-30(42-22)35-16-8-9-17(35)13-18(12-16)40-29(37)24-26(34-41-27(24)14-6-7-14)23-19(31)4-3-5-20(23)32/h3-5,10-11,14,16-18H,6-9,12-13H2,1-2H3/t16-,17+,18-. The topological polar surface area (TPSA) is 104 Å². The maximum absolute atomic E-state index is 14.7. The monoisotopic (exact) mass is 595 g/mol. The number of carbonyl (C=O) groups is 2. The van der Waals surface area contributed by atoms with E-state index in [9.17, 15) is 18.4 Å². The first-order valence-electron chi connectivity index (χ1n) is 13.9. The van der Waals surface area contributed by atoms with Crippen LogP contribution in [0.15, 0.2) is 34.9 Å². The molecule has 0 radical (unpaired) electrons. The molecule has 4 aromatic rings. The number of carbonyl (C=O) groups excluding carboxylic acids is 2. The first-order valence-corrected chi connectivity index (χ1v) is 14.7. The Morgan fingerprint density at radius 2 is 1.74 bits per heavy atom. The molecule has 2 aliphatic heterocycles. The van der Waals surface area contributed by atoms with E-state index < -0.39 is 29.1 Å². The molecular formula is C30H27F2N3O6S. The molecule has 2 aromatic heterocycles. The van der Waals surface area contributed by atoms with Crippen LogP contribution >= 0.6 is 11.3 Å². The smallest absolute Gasteiger partial charge is 0.344 e. The number of piperidine rings is 1. The summed E-state index contributed by atoms with van der Waals surface area (Å²) in [5.41, 5.74) is 0.519. The van der Waals surface area contributed by atoms with Gasteiger partial charge in [-0.2, -0.15) is 0 Å². The second kappa shape index (κ2) is 10.3. The van der Waals surface area contributed by atoms with Crippen LogP contribution in [0.4, 0.5) is 13.9 Å². The lowest BCUT2D eigenvalue weighted by molar-refractivity contribution is 0.0202. The largest absolute Gasteiger partial charge is 0.494 e. The number of nitrogens with zero attached hydrogens (tertiary/aromatic N) is 3. The quantitative estimate of drug-likeness (QED) is 0.229. The highest BCUT2D eigenvalue weighted by molar-refractivity contribution is 7.22. The number of hydrogen-bond acceptors (Lipinski definition) is 10. The zero-order valence-electron chi connectivity index (χ0n) is 22.9. The molecule has 0 amide bonds. The Kier molecular flexibility index (Phi) is 6.60. The van der Waals surface area contributed by atoms with E-state index in [0.717, 1.165) is 47.6 Å². The third kappa shape index (κ3) is 4.48. The van der Waals surface area contributed by atoms with Crippen LogP contribution in [0.2, 0.25) is 0 Å². The molecule has 3 atom stereocenters. The van der Waals surface area contributed by atoms with Crippen LogP contribution in [0.5, 0.6) is 5.75 Å². The van der Waals surface area contributed by atoms with E-state index in [1.807, 2.05) is 0 Å². The van der Waals surface area contributed by atoms with Gasteiger partial charge in [0.15, 0.2) is 10.9 Å². The summed E-state index contributed by atoms with van der Waals surface area (Å²) in [5, 5.41) is 4.74. The van der Waals surface area contributed by atoms with Gasteiger partial charge in [-0.05, 0) is 49.9 Å². The molecule has 0 N–H and O–H groups in total. The Labute approximate surface area is 243 Å². The molecular weight excluding hydrogens is 568 g/mol. The Bertz CT molecular complexity index is 1680. The SMILES string of the molecule is COC(=O)c1cc(OC)c2nc(N3[C@@H]4CC[C@H]3C[C@H](OC(=O)c3c(-c5c(F)cccc5F)noc3C3CC3)C4)sc2c1. The van der Waals surface area contributed by atoms with Crippen LogP contribution in [0, 0.1) is 11.6 Å². The normalized spacial score (nSPS) is 21.5. The van der Waals surface area contributed by atoms with E-state index in [4.69, 9.17) is 23.7 Å². The van der Waals surface area contributed by atoms with E-state index in [2.05, 4.69) is 10.1 Å². The van der Waals surface area contributed by atoms with E-state index in [0.29, 0.717) is 35.4 Å². The van der Waals surface area contributed by atoms with E-state index >= 15 is 0 Å². The van der Waals surface area contributed by atoms with Crippen LogP contribution in [0.3, 0.4) is 0 Å². The van der Waals surface area contributed by atoms with Gasteiger partial charge in [0.1, 0.15) is 40.3 Å². The molecule has 2 bridgehead atoms. The van der Waals surface area contributed by atoms with Crippen molar-refractivity contribution in [2.45, 2.75) is 62.6 Å². The molecule has 2 aromatic carbocycles. The summed E-state index contributed by atoms with van der Waals surface area (Å²) in [6.07, 6.45) is 4.21. The fourth-order valence-corrected chi connectivity index (χ4v) is 7.42. The number of benzene rings is 2. The minimum Gasteiger partial charge on any atom is -0.494 e. The average molecular weight is 596 g/mol. The molecule has 0 spiro atoms. The maximum atomic E-state index is 14.7. The highest BCUT2D eigenvalue weighted by Crippen LogP contribution is 2.47. The number of halogens is 2. The second-order valence-corrected chi connectivity index (χ2v) is 12.0. The number of ether oxygens (including phenoxy) is 3. The summed E-state index contributed by atoms with van der Waals surface area (Å²) < 4.78 is 52.0. The molecule has 42 heavy (non-hydrogen) atoms. The van der Waals surface area contributed by atoms with Gasteiger partial charge < -0.3 is 23.6 Å². The van der Waals surface area contributed by atoms with Crippen molar-refractivity contribution in [1.82, 2.24) is 10.1 Å². The molecule has 0 unspecified atom stereocenters. The van der Waals surface area contributed by atoms with Gasteiger partial charge in [0.2, 0.25) is 0 Å².